The number of nitrogens with one attached hydrogen (secondary N) is 1. The summed E-state index contributed by atoms with van der Waals surface area (Å²) in [6, 6.07) is 2.76. The average molecular weight is 226 g/mol. The van der Waals surface area contributed by atoms with Gasteiger partial charge in [0.05, 0.1) is 6.04 Å². The molecule has 2 unspecified atom stereocenters. The van der Waals surface area contributed by atoms with E-state index >= 15 is 0 Å². The number of aliphatic carboxylic acids is 1. The van der Waals surface area contributed by atoms with Gasteiger partial charge >= 0.3 is 5.97 Å². The number of hydrogen-bond acceptors (Lipinski definition) is 3. The molecule has 0 aliphatic carbocycles. The number of carboxylic acids is 1. The van der Waals surface area contributed by atoms with Crippen molar-refractivity contribution in [2.24, 2.45) is 5.73 Å². The fraction of sp³-hybridized carbons (Fsp3) is 0.364. The van der Waals surface area contributed by atoms with Crippen LogP contribution in [0.5, 0.6) is 0 Å². The fourth-order valence-electron chi connectivity index (χ4n) is 1.52. The minimum Gasteiger partial charge on any atom is -0.480 e. The molecule has 0 saturated heterocycles. The Kier molecular flexibility index (Phi) is 3.98. The molecule has 88 valence electrons. The van der Waals surface area contributed by atoms with Crippen molar-refractivity contribution < 1.29 is 14.3 Å². The molecule has 1 rings (SSSR count). The molecule has 0 saturated carbocycles. The van der Waals surface area contributed by atoms with Crippen molar-refractivity contribution in [2.45, 2.75) is 19.0 Å². The van der Waals surface area contributed by atoms with Crippen LogP contribution < -0.4 is 11.1 Å². The van der Waals surface area contributed by atoms with Gasteiger partial charge in [0, 0.05) is 0 Å². The Morgan fingerprint density at radius 3 is 2.62 bits per heavy atom. The third-order valence-electron chi connectivity index (χ3n) is 2.50. The normalized spacial score (nSPS) is 14.5. The minimum atomic E-state index is -1.03. The summed E-state index contributed by atoms with van der Waals surface area (Å²) in [5.41, 5.74) is 6.85. The molecule has 0 aromatic heterocycles. The Balaban J connectivity index is 2.99. The molecule has 16 heavy (non-hydrogen) atoms. The van der Waals surface area contributed by atoms with Crippen LogP contribution >= 0.6 is 0 Å². The molecule has 4 nitrogen and oxygen atoms in total. The van der Waals surface area contributed by atoms with Crippen molar-refractivity contribution in [3.8, 4) is 0 Å². The van der Waals surface area contributed by atoms with Crippen LogP contribution in [-0.2, 0) is 4.79 Å². The first-order chi connectivity index (χ1) is 7.47. The molecule has 1 aromatic rings. The molecule has 1 aromatic carbocycles. The smallest absolute Gasteiger partial charge is 0.322 e. The monoisotopic (exact) mass is 226 g/mol. The van der Waals surface area contributed by atoms with Gasteiger partial charge in [-0.2, -0.15) is 0 Å². The summed E-state index contributed by atoms with van der Waals surface area (Å²) in [5.74, 6) is -1.36. The summed E-state index contributed by atoms with van der Waals surface area (Å²) in [5, 5.41) is 11.5. The van der Waals surface area contributed by atoms with Gasteiger partial charge in [-0.05, 0) is 31.2 Å². The molecule has 5 heteroatoms. The fourth-order valence-corrected chi connectivity index (χ4v) is 1.52. The zero-order valence-electron chi connectivity index (χ0n) is 9.20. The van der Waals surface area contributed by atoms with Crippen LogP contribution in [0.3, 0.4) is 0 Å². The lowest BCUT2D eigenvalue weighted by Gasteiger charge is -2.20. The second-order valence-corrected chi connectivity index (χ2v) is 3.64. The number of nitrogens with two attached hydrogens (primary N) is 1. The average Bonchev–Trinajstić information content (AvgIpc) is 2.22. The second-order valence-electron chi connectivity index (χ2n) is 3.64. The van der Waals surface area contributed by atoms with Gasteiger partial charge < -0.3 is 16.2 Å². The Labute approximate surface area is 93.3 Å². The van der Waals surface area contributed by atoms with Gasteiger partial charge in [-0.25, -0.2) is 4.39 Å². The van der Waals surface area contributed by atoms with E-state index in [1.54, 1.807) is 13.0 Å². The Hall–Kier alpha value is -1.46. The molecule has 4 N–H and O–H groups in total. The number of halogens is 1. The molecular formula is C11H15FN2O2. The van der Waals surface area contributed by atoms with Crippen molar-refractivity contribution >= 4 is 5.97 Å². The maximum atomic E-state index is 13.0. The SMILES string of the molecule is CNC(C(=O)O)C(N)c1ccc(F)c(C)c1. The maximum Gasteiger partial charge on any atom is 0.322 e. The molecule has 0 radical (unpaired) electrons. The summed E-state index contributed by atoms with van der Waals surface area (Å²) in [6.07, 6.45) is 0. The number of carbonyl (C=O) groups is 1. The zero-order valence-corrected chi connectivity index (χ0v) is 9.20. The van der Waals surface area contributed by atoms with Gasteiger partial charge in [-0.3, -0.25) is 4.79 Å². The van der Waals surface area contributed by atoms with Gasteiger partial charge in [0.25, 0.3) is 0 Å². The van der Waals surface area contributed by atoms with E-state index in [-0.39, 0.29) is 5.82 Å². The lowest BCUT2D eigenvalue weighted by molar-refractivity contribution is -0.139. The van der Waals surface area contributed by atoms with Crippen LogP contribution in [0.2, 0.25) is 0 Å². The number of carboxylic acid groups (broad SMARTS) is 1. The highest BCUT2D eigenvalue weighted by atomic mass is 19.1. The second kappa shape index (κ2) is 5.05. The molecule has 2 atom stereocenters. The Bertz CT molecular complexity index is 396. The highest BCUT2D eigenvalue weighted by Gasteiger charge is 2.24. The molecule has 0 amide bonds. The van der Waals surface area contributed by atoms with E-state index < -0.39 is 18.1 Å². The van der Waals surface area contributed by atoms with Crippen molar-refractivity contribution in [1.29, 1.82) is 0 Å². The molecule has 0 bridgehead atoms. The van der Waals surface area contributed by atoms with E-state index in [9.17, 15) is 9.18 Å². The van der Waals surface area contributed by atoms with Crippen LogP contribution in [0, 0.1) is 12.7 Å². The summed E-state index contributed by atoms with van der Waals surface area (Å²) < 4.78 is 13.0. The third-order valence-corrected chi connectivity index (χ3v) is 2.50. The molecule has 0 aliphatic rings. The number of aryl methyl sites for hydroxylation is 1. The van der Waals surface area contributed by atoms with Crippen molar-refractivity contribution in [3.05, 3.63) is 35.1 Å². The molecular weight excluding hydrogens is 211 g/mol. The van der Waals surface area contributed by atoms with Gasteiger partial charge in [-0.1, -0.05) is 12.1 Å². The third kappa shape index (κ3) is 2.56. The predicted molar refractivity (Wildman–Crippen MR) is 58.5 cm³/mol. The van der Waals surface area contributed by atoms with E-state index in [1.165, 1.54) is 19.2 Å². The number of rotatable bonds is 4. The van der Waals surface area contributed by atoms with Crippen molar-refractivity contribution in [2.75, 3.05) is 7.05 Å². The van der Waals surface area contributed by atoms with E-state index in [1.807, 2.05) is 0 Å². The quantitative estimate of drug-likeness (QED) is 0.710. The lowest BCUT2D eigenvalue weighted by atomic mass is 9.98. The Morgan fingerprint density at radius 1 is 1.56 bits per heavy atom. The van der Waals surface area contributed by atoms with E-state index in [0.717, 1.165) is 0 Å². The van der Waals surface area contributed by atoms with Gasteiger partial charge in [0.1, 0.15) is 11.9 Å². The van der Waals surface area contributed by atoms with Crippen LogP contribution in [0.15, 0.2) is 18.2 Å². The zero-order chi connectivity index (χ0) is 12.3. The van der Waals surface area contributed by atoms with Crippen molar-refractivity contribution in [1.82, 2.24) is 5.32 Å². The molecule has 0 aliphatic heterocycles. The van der Waals surface area contributed by atoms with Crippen molar-refractivity contribution in [3.63, 3.8) is 0 Å². The largest absolute Gasteiger partial charge is 0.480 e. The minimum absolute atomic E-state index is 0.327. The van der Waals surface area contributed by atoms with Crippen LogP contribution in [0.25, 0.3) is 0 Å². The van der Waals surface area contributed by atoms with E-state index in [4.69, 9.17) is 10.8 Å². The Morgan fingerprint density at radius 2 is 2.19 bits per heavy atom. The van der Waals surface area contributed by atoms with Crippen LogP contribution in [0.1, 0.15) is 17.2 Å². The van der Waals surface area contributed by atoms with E-state index in [2.05, 4.69) is 5.32 Å². The standard InChI is InChI=1S/C11H15FN2O2/c1-6-5-7(3-4-8(6)12)9(13)10(14-2)11(15)16/h3-5,9-10,14H,13H2,1-2H3,(H,15,16). The summed E-state index contributed by atoms with van der Waals surface area (Å²) in [6.45, 7) is 1.61. The van der Waals surface area contributed by atoms with Gasteiger partial charge in [0.15, 0.2) is 0 Å². The van der Waals surface area contributed by atoms with E-state index in [0.29, 0.717) is 11.1 Å². The topological polar surface area (TPSA) is 75.3 Å². The summed E-state index contributed by atoms with van der Waals surface area (Å²) >= 11 is 0. The number of likely N-dealkylation sites (N-methyl/N-ethyl adjacent to an activating group) is 1. The van der Waals surface area contributed by atoms with Gasteiger partial charge in [-0.15, -0.1) is 0 Å². The first-order valence-electron chi connectivity index (χ1n) is 4.89. The highest BCUT2D eigenvalue weighted by molar-refractivity contribution is 5.74. The molecule has 0 heterocycles. The lowest BCUT2D eigenvalue weighted by Crippen LogP contribution is -2.43. The molecule has 0 fully saturated rings. The summed E-state index contributed by atoms with van der Waals surface area (Å²) in [4.78, 5) is 10.9. The molecule has 0 spiro atoms. The number of hydrogen-bond donors (Lipinski definition) is 3. The predicted octanol–water partition coefficient (Wildman–Crippen LogP) is 0.807. The first kappa shape index (κ1) is 12.6. The van der Waals surface area contributed by atoms with Gasteiger partial charge in [0.2, 0.25) is 0 Å². The first-order valence-corrected chi connectivity index (χ1v) is 4.89. The number of benzene rings is 1. The van der Waals surface area contributed by atoms with Crippen LogP contribution in [-0.4, -0.2) is 24.2 Å². The summed E-state index contributed by atoms with van der Waals surface area (Å²) in [7, 11) is 1.52. The van der Waals surface area contributed by atoms with Crippen LogP contribution in [0.4, 0.5) is 4.39 Å². The highest BCUT2D eigenvalue weighted by Crippen LogP contribution is 2.17. The maximum absolute atomic E-state index is 13.0.